The van der Waals surface area contributed by atoms with Crippen LogP contribution in [0.25, 0.3) is 0 Å². The van der Waals surface area contributed by atoms with Crippen LogP contribution in [0, 0.1) is 6.92 Å². The van der Waals surface area contributed by atoms with Gasteiger partial charge in [-0.2, -0.15) is 21.0 Å². The standard InChI is InChI=1S/C13H21NOS.H2O4S/c1-3-12(10-14-8-9-16)15-13-6-4-11(2)5-7-13;1-5(2,3)4/h4-7,12,14,16H,3,8-10H2,1-2H3;(H2,1,2,3,4). The fraction of sp³-hybridized carbons (Fsp3) is 0.538. The molecular weight excluding hydrogens is 314 g/mol. The Kier molecular flexibility index (Phi) is 10.4. The Balaban J connectivity index is 0.000000690. The molecule has 0 radical (unpaired) electrons. The number of benzene rings is 1. The van der Waals surface area contributed by atoms with Gasteiger partial charge in [0.1, 0.15) is 11.9 Å². The number of thiol groups is 1. The van der Waals surface area contributed by atoms with Crippen molar-refractivity contribution in [1.29, 1.82) is 0 Å². The highest BCUT2D eigenvalue weighted by atomic mass is 32.3. The molecule has 0 spiro atoms. The van der Waals surface area contributed by atoms with Crippen molar-refractivity contribution in [3.05, 3.63) is 29.8 Å². The first-order valence-electron chi connectivity index (χ1n) is 6.51. The van der Waals surface area contributed by atoms with Gasteiger partial charge in [-0.15, -0.1) is 0 Å². The van der Waals surface area contributed by atoms with Crippen molar-refractivity contribution in [3.8, 4) is 5.75 Å². The number of aryl methyl sites for hydroxylation is 1. The van der Waals surface area contributed by atoms with Crippen LogP contribution in [0.2, 0.25) is 0 Å². The van der Waals surface area contributed by atoms with E-state index in [1.54, 1.807) is 0 Å². The zero-order valence-corrected chi connectivity index (χ0v) is 13.9. The van der Waals surface area contributed by atoms with E-state index in [1.807, 2.05) is 12.1 Å². The molecule has 0 saturated heterocycles. The van der Waals surface area contributed by atoms with Crippen LogP contribution in [-0.2, 0) is 10.4 Å². The zero-order chi connectivity index (χ0) is 16.3. The lowest BCUT2D eigenvalue weighted by atomic mass is 10.2. The van der Waals surface area contributed by atoms with Gasteiger partial charge in [-0.3, -0.25) is 9.11 Å². The lowest BCUT2D eigenvalue weighted by Crippen LogP contribution is -2.31. The van der Waals surface area contributed by atoms with E-state index in [2.05, 4.69) is 43.9 Å². The van der Waals surface area contributed by atoms with Crippen molar-refractivity contribution in [3.63, 3.8) is 0 Å². The molecule has 0 aromatic heterocycles. The SMILES string of the molecule is CCC(CNCCS)Oc1ccc(C)cc1.O=S(=O)(O)O. The van der Waals surface area contributed by atoms with E-state index in [4.69, 9.17) is 22.3 Å². The minimum Gasteiger partial charge on any atom is -0.489 e. The van der Waals surface area contributed by atoms with Crippen LogP contribution in [0.1, 0.15) is 18.9 Å². The van der Waals surface area contributed by atoms with Gasteiger partial charge in [0.15, 0.2) is 0 Å². The molecule has 3 N–H and O–H groups in total. The van der Waals surface area contributed by atoms with Gasteiger partial charge in [-0.05, 0) is 25.5 Å². The Labute approximate surface area is 131 Å². The predicted molar refractivity (Wildman–Crippen MR) is 86.8 cm³/mol. The molecule has 1 rings (SSSR count). The lowest BCUT2D eigenvalue weighted by Gasteiger charge is -2.18. The molecule has 1 aromatic rings. The van der Waals surface area contributed by atoms with E-state index < -0.39 is 10.4 Å². The Bertz CT molecular complexity index is 468. The summed E-state index contributed by atoms with van der Waals surface area (Å²) in [6, 6.07) is 8.19. The molecule has 6 nitrogen and oxygen atoms in total. The first-order valence-corrected chi connectivity index (χ1v) is 8.54. The smallest absolute Gasteiger partial charge is 0.394 e. The molecule has 8 heteroatoms. The van der Waals surface area contributed by atoms with Gasteiger partial charge in [0.2, 0.25) is 0 Å². The van der Waals surface area contributed by atoms with E-state index in [9.17, 15) is 0 Å². The molecule has 0 amide bonds. The number of ether oxygens (including phenoxy) is 1. The summed E-state index contributed by atoms with van der Waals surface area (Å²) in [6.07, 6.45) is 1.25. The molecule has 0 bridgehead atoms. The van der Waals surface area contributed by atoms with Crippen molar-refractivity contribution in [2.75, 3.05) is 18.8 Å². The van der Waals surface area contributed by atoms with Gasteiger partial charge >= 0.3 is 10.4 Å². The molecule has 1 atom stereocenters. The van der Waals surface area contributed by atoms with Crippen LogP contribution < -0.4 is 10.1 Å². The van der Waals surface area contributed by atoms with Crippen LogP contribution >= 0.6 is 12.6 Å². The molecule has 0 saturated carbocycles. The highest BCUT2D eigenvalue weighted by Gasteiger charge is 2.06. The minimum atomic E-state index is -4.67. The average Bonchev–Trinajstić information content (AvgIpc) is 2.38. The van der Waals surface area contributed by atoms with Crippen molar-refractivity contribution < 1.29 is 22.3 Å². The number of nitrogens with one attached hydrogen (secondary N) is 1. The van der Waals surface area contributed by atoms with E-state index >= 15 is 0 Å². The Morgan fingerprint density at radius 1 is 1.29 bits per heavy atom. The second kappa shape index (κ2) is 10.9. The molecular formula is C13H23NO5S2. The van der Waals surface area contributed by atoms with Gasteiger partial charge in [-0.25, -0.2) is 0 Å². The van der Waals surface area contributed by atoms with Gasteiger partial charge in [0.05, 0.1) is 0 Å². The third-order valence-corrected chi connectivity index (χ3v) is 2.66. The molecule has 0 aliphatic heterocycles. The quantitative estimate of drug-likeness (QED) is 0.345. The highest BCUT2D eigenvalue weighted by molar-refractivity contribution is 7.80. The molecule has 122 valence electrons. The van der Waals surface area contributed by atoms with Gasteiger partial charge < -0.3 is 10.1 Å². The van der Waals surface area contributed by atoms with Gasteiger partial charge in [0.25, 0.3) is 0 Å². The summed E-state index contributed by atoms with van der Waals surface area (Å²) >= 11 is 4.16. The number of hydrogen-bond acceptors (Lipinski definition) is 5. The van der Waals surface area contributed by atoms with Crippen molar-refractivity contribution in [1.82, 2.24) is 5.32 Å². The highest BCUT2D eigenvalue weighted by Crippen LogP contribution is 2.14. The predicted octanol–water partition coefficient (Wildman–Crippen LogP) is 2.02. The van der Waals surface area contributed by atoms with Crippen LogP contribution in [0.5, 0.6) is 5.75 Å². The third-order valence-electron chi connectivity index (χ3n) is 2.44. The van der Waals surface area contributed by atoms with E-state index in [1.165, 1.54) is 5.56 Å². The largest absolute Gasteiger partial charge is 0.489 e. The number of rotatable bonds is 7. The Morgan fingerprint density at radius 3 is 2.24 bits per heavy atom. The van der Waals surface area contributed by atoms with Gasteiger partial charge in [-0.1, -0.05) is 24.6 Å². The maximum atomic E-state index is 8.74. The average molecular weight is 337 g/mol. The van der Waals surface area contributed by atoms with E-state index in [-0.39, 0.29) is 6.10 Å². The fourth-order valence-corrected chi connectivity index (χ4v) is 1.58. The summed E-state index contributed by atoms with van der Waals surface area (Å²) in [5.74, 6) is 1.81. The second-order valence-electron chi connectivity index (χ2n) is 4.34. The molecule has 0 fully saturated rings. The first kappa shape index (κ1) is 20.2. The maximum Gasteiger partial charge on any atom is 0.394 e. The summed E-state index contributed by atoms with van der Waals surface area (Å²) in [7, 11) is -4.67. The van der Waals surface area contributed by atoms with Crippen molar-refractivity contribution >= 4 is 23.0 Å². The monoisotopic (exact) mass is 337 g/mol. The summed E-state index contributed by atoms with van der Waals surface area (Å²) in [5.41, 5.74) is 1.26. The molecule has 21 heavy (non-hydrogen) atoms. The molecule has 0 aliphatic carbocycles. The number of hydrogen-bond donors (Lipinski definition) is 4. The van der Waals surface area contributed by atoms with Crippen LogP contribution in [-0.4, -0.2) is 42.5 Å². The van der Waals surface area contributed by atoms with E-state index in [0.29, 0.717) is 0 Å². The zero-order valence-electron chi connectivity index (χ0n) is 12.2. The summed E-state index contributed by atoms with van der Waals surface area (Å²) in [6.45, 7) is 6.03. The minimum absolute atomic E-state index is 0.239. The summed E-state index contributed by atoms with van der Waals surface area (Å²) in [5, 5.41) is 3.32. The van der Waals surface area contributed by atoms with Crippen LogP contribution in [0.4, 0.5) is 0 Å². The van der Waals surface area contributed by atoms with E-state index in [0.717, 1.165) is 31.0 Å². The molecule has 0 aliphatic rings. The summed E-state index contributed by atoms with van der Waals surface area (Å²) in [4.78, 5) is 0. The lowest BCUT2D eigenvalue weighted by molar-refractivity contribution is 0.194. The molecule has 0 heterocycles. The van der Waals surface area contributed by atoms with Crippen LogP contribution in [0.15, 0.2) is 24.3 Å². The Morgan fingerprint density at radius 2 is 1.81 bits per heavy atom. The Hall–Kier alpha value is -0.800. The van der Waals surface area contributed by atoms with Crippen LogP contribution in [0.3, 0.4) is 0 Å². The molecule has 1 aromatic carbocycles. The van der Waals surface area contributed by atoms with Crippen molar-refractivity contribution in [2.24, 2.45) is 0 Å². The summed E-state index contributed by atoms with van der Waals surface area (Å²) < 4.78 is 37.5. The second-order valence-corrected chi connectivity index (χ2v) is 5.68. The van der Waals surface area contributed by atoms with Gasteiger partial charge in [0, 0.05) is 18.8 Å². The maximum absolute atomic E-state index is 8.74. The third kappa shape index (κ3) is 13.9. The topological polar surface area (TPSA) is 95.9 Å². The fourth-order valence-electron chi connectivity index (χ4n) is 1.42. The normalized spacial score (nSPS) is 12.2. The molecule has 1 unspecified atom stereocenters. The van der Waals surface area contributed by atoms with Crippen molar-refractivity contribution in [2.45, 2.75) is 26.4 Å². The first-order chi connectivity index (χ1) is 9.76.